The van der Waals surface area contributed by atoms with Crippen molar-refractivity contribution in [3.63, 3.8) is 0 Å². The molecule has 0 saturated carbocycles. The molecule has 0 aromatic carbocycles. The van der Waals surface area contributed by atoms with Crippen LogP contribution in [0.1, 0.15) is 24.5 Å². The van der Waals surface area contributed by atoms with Crippen LogP contribution in [0.3, 0.4) is 0 Å². The van der Waals surface area contributed by atoms with Crippen molar-refractivity contribution in [2.45, 2.75) is 19.4 Å². The molecule has 0 bridgehead atoms. The van der Waals surface area contributed by atoms with Crippen molar-refractivity contribution in [3.05, 3.63) is 23.7 Å². The van der Waals surface area contributed by atoms with E-state index in [1.54, 1.807) is 7.11 Å². The Bertz CT molecular complexity index is 273. The Morgan fingerprint density at radius 1 is 1.53 bits per heavy atom. The van der Waals surface area contributed by atoms with Gasteiger partial charge in [-0.15, -0.1) is 0 Å². The average Bonchev–Trinajstić information content (AvgIpc) is 2.73. The zero-order valence-corrected chi connectivity index (χ0v) is 9.45. The number of furan rings is 1. The number of ether oxygens (including phenoxy) is 1. The van der Waals surface area contributed by atoms with Crippen molar-refractivity contribution in [1.29, 1.82) is 0 Å². The third kappa shape index (κ3) is 3.66. The monoisotopic (exact) mass is 212 g/mol. The van der Waals surface area contributed by atoms with Crippen molar-refractivity contribution in [1.82, 2.24) is 5.32 Å². The van der Waals surface area contributed by atoms with Gasteiger partial charge in [0.15, 0.2) is 0 Å². The van der Waals surface area contributed by atoms with Crippen molar-refractivity contribution in [2.75, 3.05) is 26.8 Å². The number of nitrogens with one attached hydrogen (secondary N) is 1. The number of hydrogen-bond acceptors (Lipinski definition) is 4. The molecule has 0 aliphatic carbocycles. The summed E-state index contributed by atoms with van der Waals surface area (Å²) in [5, 5.41) is 3.28. The molecule has 4 nitrogen and oxygen atoms in total. The molecule has 0 spiro atoms. The van der Waals surface area contributed by atoms with Crippen LogP contribution >= 0.6 is 0 Å². The van der Waals surface area contributed by atoms with Gasteiger partial charge in [-0.2, -0.15) is 0 Å². The molecule has 86 valence electrons. The first kappa shape index (κ1) is 12.2. The van der Waals surface area contributed by atoms with Crippen LogP contribution in [-0.4, -0.2) is 26.8 Å². The van der Waals surface area contributed by atoms with Crippen LogP contribution in [0, 0.1) is 0 Å². The van der Waals surface area contributed by atoms with E-state index in [0.717, 1.165) is 24.5 Å². The smallest absolute Gasteiger partial charge is 0.122 e. The van der Waals surface area contributed by atoms with Gasteiger partial charge in [0.25, 0.3) is 0 Å². The van der Waals surface area contributed by atoms with E-state index >= 15 is 0 Å². The number of methoxy groups -OCH3 is 1. The second-order valence-electron chi connectivity index (χ2n) is 3.39. The molecular weight excluding hydrogens is 192 g/mol. The molecule has 1 rings (SSSR count). The van der Waals surface area contributed by atoms with Gasteiger partial charge in [-0.3, -0.25) is 0 Å². The Kier molecular flexibility index (Phi) is 5.39. The Morgan fingerprint density at radius 2 is 2.33 bits per heavy atom. The Labute approximate surface area is 90.8 Å². The molecule has 1 unspecified atom stereocenters. The topological polar surface area (TPSA) is 60.4 Å². The van der Waals surface area contributed by atoms with E-state index in [4.69, 9.17) is 14.9 Å². The van der Waals surface area contributed by atoms with Gasteiger partial charge < -0.3 is 20.2 Å². The van der Waals surface area contributed by atoms with E-state index in [-0.39, 0.29) is 6.04 Å². The van der Waals surface area contributed by atoms with Gasteiger partial charge in [-0.25, -0.2) is 0 Å². The lowest BCUT2D eigenvalue weighted by molar-refractivity contribution is 0.194. The minimum Gasteiger partial charge on any atom is -0.464 e. The lowest BCUT2D eigenvalue weighted by Gasteiger charge is -2.13. The Balaban J connectivity index is 2.49. The first-order chi connectivity index (χ1) is 7.31. The number of aryl methyl sites for hydroxylation is 1. The number of rotatable bonds is 7. The highest BCUT2D eigenvalue weighted by Crippen LogP contribution is 2.15. The highest BCUT2D eigenvalue weighted by Gasteiger charge is 2.12. The van der Waals surface area contributed by atoms with E-state index in [0.29, 0.717) is 13.2 Å². The summed E-state index contributed by atoms with van der Waals surface area (Å²) >= 11 is 0. The highest BCUT2D eigenvalue weighted by atomic mass is 16.5. The second kappa shape index (κ2) is 6.61. The van der Waals surface area contributed by atoms with Gasteiger partial charge in [0.05, 0.1) is 12.6 Å². The summed E-state index contributed by atoms with van der Waals surface area (Å²) in [6, 6.07) is 4.06. The van der Waals surface area contributed by atoms with Gasteiger partial charge in [-0.1, -0.05) is 6.92 Å². The van der Waals surface area contributed by atoms with Crippen LogP contribution in [0.25, 0.3) is 0 Å². The molecule has 0 aliphatic heterocycles. The molecule has 1 aromatic rings. The molecule has 1 aromatic heterocycles. The summed E-state index contributed by atoms with van der Waals surface area (Å²) in [5.74, 6) is 1.91. The van der Waals surface area contributed by atoms with E-state index in [1.165, 1.54) is 0 Å². The van der Waals surface area contributed by atoms with Crippen LogP contribution in [-0.2, 0) is 11.2 Å². The maximum absolute atomic E-state index is 5.67. The first-order valence-electron chi connectivity index (χ1n) is 5.32. The third-order valence-corrected chi connectivity index (χ3v) is 2.31. The normalized spacial score (nSPS) is 13.0. The molecular formula is C11H20N2O2. The molecule has 0 aliphatic rings. The zero-order valence-electron chi connectivity index (χ0n) is 9.45. The molecule has 1 atom stereocenters. The predicted octanol–water partition coefficient (Wildman–Crippen LogP) is 1.08. The summed E-state index contributed by atoms with van der Waals surface area (Å²) in [6.07, 6.45) is 0.912. The lowest BCUT2D eigenvalue weighted by Crippen LogP contribution is -2.30. The third-order valence-electron chi connectivity index (χ3n) is 2.31. The SMILES string of the molecule is CCc1ccc(C(CN)NCCOC)o1. The first-order valence-corrected chi connectivity index (χ1v) is 5.32. The fourth-order valence-corrected chi connectivity index (χ4v) is 1.41. The molecule has 0 saturated heterocycles. The number of hydrogen-bond donors (Lipinski definition) is 2. The lowest BCUT2D eigenvalue weighted by atomic mass is 10.2. The molecule has 0 fully saturated rings. The van der Waals surface area contributed by atoms with Crippen LogP contribution in [0.5, 0.6) is 0 Å². The summed E-state index contributed by atoms with van der Waals surface area (Å²) in [5.41, 5.74) is 5.67. The highest BCUT2D eigenvalue weighted by molar-refractivity contribution is 5.11. The van der Waals surface area contributed by atoms with Gasteiger partial charge >= 0.3 is 0 Å². The molecule has 0 radical (unpaired) electrons. The molecule has 15 heavy (non-hydrogen) atoms. The Morgan fingerprint density at radius 3 is 2.87 bits per heavy atom. The fourth-order valence-electron chi connectivity index (χ4n) is 1.41. The predicted molar refractivity (Wildman–Crippen MR) is 59.8 cm³/mol. The number of nitrogens with two attached hydrogens (primary N) is 1. The van der Waals surface area contributed by atoms with Gasteiger partial charge in [0.2, 0.25) is 0 Å². The molecule has 1 heterocycles. The second-order valence-corrected chi connectivity index (χ2v) is 3.39. The Hall–Kier alpha value is -0.840. The minimum atomic E-state index is 0.0837. The van der Waals surface area contributed by atoms with Crippen LogP contribution in [0.4, 0.5) is 0 Å². The van der Waals surface area contributed by atoms with Gasteiger partial charge in [0.1, 0.15) is 11.5 Å². The standard InChI is InChI=1S/C11H20N2O2/c1-3-9-4-5-11(15-9)10(8-12)13-6-7-14-2/h4-5,10,13H,3,6-8,12H2,1-2H3. The molecule has 3 N–H and O–H groups in total. The fraction of sp³-hybridized carbons (Fsp3) is 0.636. The molecule has 0 amide bonds. The maximum atomic E-state index is 5.67. The van der Waals surface area contributed by atoms with Gasteiger partial charge in [-0.05, 0) is 12.1 Å². The van der Waals surface area contributed by atoms with Crippen molar-refractivity contribution < 1.29 is 9.15 Å². The quantitative estimate of drug-likeness (QED) is 0.664. The summed E-state index contributed by atoms with van der Waals surface area (Å²) in [7, 11) is 1.68. The van der Waals surface area contributed by atoms with Crippen molar-refractivity contribution in [3.8, 4) is 0 Å². The van der Waals surface area contributed by atoms with Crippen LogP contribution < -0.4 is 11.1 Å². The zero-order chi connectivity index (χ0) is 11.1. The summed E-state index contributed by atoms with van der Waals surface area (Å²) in [4.78, 5) is 0. The van der Waals surface area contributed by atoms with Crippen molar-refractivity contribution in [2.24, 2.45) is 5.73 Å². The van der Waals surface area contributed by atoms with E-state index < -0.39 is 0 Å². The van der Waals surface area contributed by atoms with Crippen LogP contribution in [0.2, 0.25) is 0 Å². The van der Waals surface area contributed by atoms with E-state index in [2.05, 4.69) is 12.2 Å². The maximum Gasteiger partial charge on any atom is 0.122 e. The minimum absolute atomic E-state index is 0.0837. The van der Waals surface area contributed by atoms with Crippen molar-refractivity contribution >= 4 is 0 Å². The molecule has 4 heteroatoms. The average molecular weight is 212 g/mol. The van der Waals surface area contributed by atoms with E-state index in [9.17, 15) is 0 Å². The van der Waals surface area contributed by atoms with Gasteiger partial charge in [0, 0.05) is 26.6 Å². The summed E-state index contributed by atoms with van der Waals surface area (Å²) < 4.78 is 10.6. The largest absolute Gasteiger partial charge is 0.464 e. The van der Waals surface area contributed by atoms with Crippen LogP contribution in [0.15, 0.2) is 16.5 Å². The summed E-state index contributed by atoms with van der Waals surface area (Å²) in [6.45, 7) is 4.05. The van der Waals surface area contributed by atoms with E-state index in [1.807, 2.05) is 12.1 Å².